The van der Waals surface area contributed by atoms with Crippen molar-refractivity contribution in [2.75, 3.05) is 24.5 Å². The van der Waals surface area contributed by atoms with Crippen molar-refractivity contribution in [2.45, 2.75) is 17.2 Å². The Hall–Kier alpha value is -2.19. The number of hydrogen-bond acceptors (Lipinski definition) is 4. The molecule has 27 heavy (non-hydrogen) atoms. The molecule has 0 radical (unpaired) electrons. The van der Waals surface area contributed by atoms with Crippen molar-refractivity contribution in [3.05, 3.63) is 59.1 Å². The molecule has 3 rings (SSSR count). The summed E-state index contributed by atoms with van der Waals surface area (Å²) >= 11 is 5.85. The van der Waals surface area contributed by atoms with Crippen molar-refractivity contribution in [3.8, 4) is 0 Å². The molecule has 1 amide bonds. The standard InChI is InChI=1S/C18H17ClF2N2O3S/c19-14-7-5-13(6-8-14)11-23-10-9-22(12-17(23)24)15-3-1-2-4-16(15)27(25,26)18(20)21/h1-8,18H,9-12H2. The zero-order chi connectivity index (χ0) is 19.6. The van der Waals surface area contributed by atoms with Gasteiger partial charge in [-0.2, -0.15) is 8.78 Å². The van der Waals surface area contributed by atoms with Gasteiger partial charge in [-0.3, -0.25) is 4.79 Å². The lowest BCUT2D eigenvalue weighted by atomic mass is 10.2. The molecule has 1 aliphatic rings. The first kappa shape index (κ1) is 19.6. The fourth-order valence-electron chi connectivity index (χ4n) is 2.95. The van der Waals surface area contributed by atoms with Gasteiger partial charge in [0.1, 0.15) is 0 Å². The largest absolute Gasteiger partial charge is 0.359 e. The normalized spacial score (nSPS) is 15.5. The quantitative estimate of drug-likeness (QED) is 0.754. The number of alkyl halides is 2. The van der Waals surface area contributed by atoms with Crippen molar-refractivity contribution in [1.29, 1.82) is 0 Å². The molecule has 0 spiro atoms. The summed E-state index contributed by atoms with van der Waals surface area (Å²) in [5, 5.41) is 0.603. The number of para-hydroxylation sites is 1. The van der Waals surface area contributed by atoms with Gasteiger partial charge in [-0.1, -0.05) is 35.9 Å². The van der Waals surface area contributed by atoms with Crippen LogP contribution in [-0.4, -0.2) is 44.6 Å². The maximum Gasteiger partial charge on any atom is 0.341 e. The highest BCUT2D eigenvalue weighted by molar-refractivity contribution is 7.91. The highest BCUT2D eigenvalue weighted by Gasteiger charge is 2.32. The molecule has 0 unspecified atom stereocenters. The van der Waals surface area contributed by atoms with E-state index in [-0.39, 0.29) is 18.1 Å². The van der Waals surface area contributed by atoms with Crippen LogP contribution >= 0.6 is 11.6 Å². The molecular weight excluding hydrogens is 398 g/mol. The highest BCUT2D eigenvalue weighted by Crippen LogP contribution is 2.30. The van der Waals surface area contributed by atoms with E-state index in [1.807, 2.05) is 12.1 Å². The molecule has 1 saturated heterocycles. The smallest absolute Gasteiger partial charge is 0.341 e. The number of carbonyl (C=O) groups is 1. The second-order valence-corrected chi connectivity index (χ2v) is 8.46. The number of halogens is 3. The topological polar surface area (TPSA) is 57.7 Å². The molecule has 2 aromatic carbocycles. The molecule has 1 heterocycles. The van der Waals surface area contributed by atoms with Gasteiger partial charge in [0.05, 0.1) is 17.1 Å². The predicted octanol–water partition coefficient (Wildman–Crippen LogP) is 3.19. The van der Waals surface area contributed by atoms with E-state index in [1.54, 1.807) is 23.1 Å². The fraction of sp³-hybridized carbons (Fsp3) is 0.278. The monoisotopic (exact) mass is 414 g/mol. The third-order valence-corrected chi connectivity index (χ3v) is 6.03. The van der Waals surface area contributed by atoms with E-state index in [2.05, 4.69) is 0 Å². The van der Waals surface area contributed by atoms with Crippen molar-refractivity contribution >= 4 is 33.0 Å². The number of amides is 1. The molecule has 0 N–H and O–H groups in total. The average Bonchev–Trinajstić information content (AvgIpc) is 2.65. The summed E-state index contributed by atoms with van der Waals surface area (Å²) in [6.45, 7) is 1.02. The molecule has 144 valence electrons. The van der Waals surface area contributed by atoms with Crippen molar-refractivity contribution in [3.63, 3.8) is 0 Å². The number of nitrogens with zero attached hydrogens (tertiary/aromatic N) is 2. The zero-order valence-electron chi connectivity index (χ0n) is 14.2. The van der Waals surface area contributed by atoms with Crippen molar-refractivity contribution < 1.29 is 22.0 Å². The Morgan fingerprint density at radius 3 is 2.33 bits per heavy atom. The minimum Gasteiger partial charge on any atom is -0.359 e. The minimum absolute atomic E-state index is 0.0800. The number of hydrogen-bond donors (Lipinski definition) is 0. The summed E-state index contributed by atoms with van der Waals surface area (Å²) in [5.41, 5.74) is 1.04. The highest BCUT2D eigenvalue weighted by atomic mass is 35.5. The molecule has 0 atom stereocenters. The van der Waals surface area contributed by atoms with Gasteiger partial charge in [-0.15, -0.1) is 0 Å². The van der Waals surface area contributed by atoms with E-state index >= 15 is 0 Å². The summed E-state index contributed by atoms with van der Waals surface area (Å²) in [7, 11) is -4.75. The van der Waals surface area contributed by atoms with Crippen LogP contribution in [0.1, 0.15) is 5.56 Å². The first-order valence-corrected chi connectivity index (χ1v) is 10.1. The summed E-state index contributed by atoms with van der Waals surface area (Å²) in [6, 6.07) is 12.7. The summed E-state index contributed by atoms with van der Waals surface area (Å²) in [5.74, 6) is -3.72. The van der Waals surface area contributed by atoms with E-state index in [9.17, 15) is 22.0 Å². The van der Waals surface area contributed by atoms with Gasteiger partial charge >= 0.3 is 5.76 Å². The fourth-order valence-corrected chi connectivity index (χ4v) is 4.02. The third-order valence-electron chi connectivity index (χ3n) is 4.35. The van der Waals surface area contributed by atoms with Gasteiger partial charge in [0.15, 0.2) is 0 Å². The van der Waals surface area contributed by atoms with E-state index in [1.165, 1.54) is 17.0 Å². The van der Waals surface area contributed by atoms with Crippen molar-refractivity contribution in [1.82, 2.24) is 4.90 Å². The Morgan fingerprint density at radius 1 is 1.04 bits per heavy atom. The van der Waals surface area contributed by atoms with Gasteiger partial charge in [0.25, 0.3) is 0 Å². The average molecular weight is 415 g/mol. The van der Waals surface area contributed by atoms with Gasteiger partial charge in [-0.05, 0) is 29.8 Å². The van der Waals surface area contributed by atoms with E-state index in [0.29, 0.717) is 24.7 Å². The number of anilines is 1. The molecule has 0 aliphatic carbocycles. The predicted molar refractivity (Wildman–Crippen MR) is 98.7 cm³/mol. The SMILES string of the molecule is O=C1CN(c2ccccc2S(=O)(=O)C(F)F)CCN1Cc1ccc(Cl)cc1. The maximum atomic E-state index is 13.0. The molecular formula is C18H17ClF2N2O3S. The molecule has 2 aromatic rings. The van der Waals surface area contributed by atoms with Gasteiger partial charge in [0.2, 0.25) is 15.7 Å². The number of benzene rings is 2. The zero-order valence-corrected chi connectivity index (χ0v) is 15.8. The second-order valence-electron chi connectivity index (χ2n) is 6.14. The van der Waals surface area contributed by atoms with Crippen LogP contribution < -0.4 is 4.90 Å². The van der Waals surface area contributed by atoms with E-state index in [4.69, 9.17) is 11.6 Å². The number of rotatable bonds is 5. The molecule has 0 aromatic heterocycles. The molecule has 9 heteroatoms. The molecule has 0 bridgehead atoms. The van der Waals surface area contributed by atoms with Crippen LogP contribution in [-0.2, 0) is 21.2 Å². The Kier molecular flexibility index (Phi) is 5.67. The summed E-state index contributed by atoms with van der Waals surface area (Å²) in [6.07, 6.45) is 0. The van der Waals surface area contributed by atoms with Gasteiger partial charge in [-0.25, -0.2) is 8.42 Å². The summed E-state index contributed by atoms with van der Waals surface area (Å²) in [4.78, 5) is 15.2. The molecule has 1 fully saturated rings. The molecule has 5 nitrogen and oxygen atoms in total. The van der Waals surface area contributed by atoms with Crippen LogP contribution in [0.15, 0.2) is 53.4 Å². The number of sulfone groups is 1. The lowest BCUT2D eigenvalue weighted by molar-refractivity contribution is -0.131. The van der Waals surface area contributed by atoms with Crippen molar-refractivity contribution in [2.24, 2.45) is 0 Å². The van der Waals surface area contributed by atoms with Crippen LogP contribution in [0, 0.1) is 0 Å². The van der Waals surface area contributed by atoms with Crippen LogP contribution in [0.2, 0.25) is 5.02 Å². The van der Waals surface area contributed by atoms with E-state index < -0.39 is 20.5 Å². The first-order valence-electron chi connectivity index (χ1n) is 8.17. The molecule has 1 aliphatic heterocycles. The van der Waals surface area contributed by atoms with E-state index in [0.717, 1.165) is 11.6 Å². The first-order chi connectivity index (χ1) is 12.8. The number of carbonyl (C=O) groups excluding carboxylic acids is 1. The Bertz CT molecular complexity index is 936. The van der Waals surface area contributed by atoms with Crippen LogP contribution in [0.25, 0.3) is 0 Å². The maximum absolute atomic E-state index is 13.0. The Morgan fingerprint density at radius 2 is 1.70 bits per heavy atom. The van der Waals surface area contributed by atoms with Gasteiger partial charge < -0.3 is 9.80 Å². The van der Waals surface area contributed by atoms with Crippen LogP contribution in [0.5, 0.6) is 0 Å². The van der Waals surface area contributed by atoms with Crippen LogP contribution in [0.4, 0.5) is 14.5 Å². The van der Waals surface area contributed by atoms with Gasteiger partial charge in [0, 0.05) is 24.7 Å². The lowest BCUT2D eigenvalue weighted by Crippen LogP contribution is -2.50. The van der Waals surface area contributed by atoms with Crippen LogP contribution in [0.3, 0.4) is 0 Å². The second kappa shape index (κ2) is 7.82. The summed E-state index contributed by atoms with van der Waals surface area (Å²) < 4.78 is 49.8. The Balaban J connectivity index is 1.77. The lowest BCUT2D eigenvalue weighted by Gasteiger charge is -2.36. The third kappa shape index (κ3) is 4.22. The Labute approximate surface area is 161 Å². The minimum atomic E-state index is -4.75. The molecule has 0 saturated carbocycles. The number of piperazine rings is 1.